The van der Waals surface area contributed by atoms with Crippen LogP contribution in [0, 0.1) is 0 Å². The molecule has 0 unspecified atom stereocenters. The summed E-state index contributed by atoms with van der Waals surface area (Å²) in [6.07, 6.45) is 2.78. The van der Waals surface area contributed by atoms with Gasteiger partial charge in [0, 0.05) is 25.9 Å². The van der Waals surface area contributed by atoms with Crippen molar-refractivity contribution in [2.24, 2.45) is 5.16 Å². The highest BCUT2D eigenvalue weighted by Gasteiger charge is 2.51. The summed E-state index contributed by atoms with van der Waals surface area (Å²) >= 11 is 0. The van der Waals surface area contributed by atoms with Crippen LogP contribution >= 0.6 is 0 Å². The lowest BCUT2D eigenvalue weighted by Crippen LogP contribution is -2.46. The molecule has 4 heterocycles. The highest BCUT2D eigenvalue weighted by molar-refractivity contribution is 7.80. The van der Waals surface area contributed by atoms with E-state index in [9.17, 15) is 13.2 Å². The fourth-order valence-electron chi connectivity index (χ4n) is 3.86. The SMILES string of the molecule is O=C1N2C[C@@H](CC[C@H]2C2=NO[C@]3(CCNC3)C2)N1OS(=O)(=O)O. The molecule has 4 aliphatic rings. The van der Waals surface area contributed by atoms with E-state index in [2.05, 4.69) is 14.8 Å². The molecule has 4 aliphatic heterocycles. The molecule has 0 saturated carbocycles. The van der Waals surface area contributed by atoms with Crippen LogP contribution in [0.4, 0.5) is 4.79 Å². The summed E-state index contributed by atoms with van der Waals surface area (Å²) in [4.78, 5) is 19.6. The fraction of sp³-hybridized carbons (Fsp3) is 0.833. The number of nitrogens with one attached hydrogen (secondary N) is 1. The smallest absolute Gasteiger partial charge is 0.387 e. The maximum Gasteiger partial charge on any atom is 0.418 e. The maximum absolute atomic E-state index is 12.4. The first-order chi connectivity index (χ1) is 10.9. The van der Waals surface area contributed by atoms with Gasteiger partial charge in [-0.15, -0.1) is 4.28 Å². The number of hydrogen-bond acceptors (Lipinski definition) is 7. The summed E-state index contributed by atoms with van der Waals surface area (Å²) < 4.78 is 35.0. The number of urea groups is 1. The first kappa shape index (κ1) is 15.1. The summed E-state index contributed by atoms with van der Waals surface area (Å²) in [6, 6.07) is -1.16. The van der Waals surface area contributed by atoms with Crippen molar-refractivity contribution in [3.8, 4) is 0 Å². The molecule has 23 heavy (non-hydrogen) atoms. The van der Waals surface area contributed by atoms with Gasteiger partial charge in [0.2, 0.25) is 0 Å². The second kappa shape index (κ2) is 5.03. The lowest BCUT2D eigenvalue weighted by molar-refractivity contribution is -0.0316. The van der Waals surface area contributed by atoms with E-state index in [0.717, 1.165) is 30.3 Å². The van der Waals surface area contributed by atoms with Crippen molar-refractivity contribution in [3.63, 3.8) is 0 Å². The fourth-order valence-corrected chi connectivity index (χ4v) is 4.24. The van der Waals surface area contributed by atoms with Gasteiger partial charge in [-0.1, -0.05) is 5.16 Å². The summed E-state index contributed by atoms with van der Waals surface area (Å²) in [5, 5.41) is 8.20. The lowest BCUT2D eigenvalue weighted by atomic mass is 9.89. The number of carbonyl (C=O) groups excluding carboxylic acids is 1. The quantitative estimate of drug-likeness (QED) is 0.661. The van der Waals surface area contributed by atoms with Gasteiger partial charge in [-0.25, -0.2) is 4.79 Å². The molecule has 11 heteroatoms. The van der Waals surface area contributed by atoms with Crippen molar-refractivity contribution in [3.05, 3.63) is 0 Å². The van der Waals surface area contributed by atoms with Crippen molar-refractivity contribution >= 4 is 22.1 Å². The highest BCUT2D eigenvalue weighted by atomic mass is 32.3. The van der Waals surface area contributed by atoms with E-state index in [4.69, 9.17) is 9.39 Å². The van der Waals surface area contributed by atoms with E-state index in [0.29, 0.717) is 25.8 Å². The second-order valence-electron chi connectivity index (χ2n) is 6.47. The Bertz CT molecular complexity index is 658. The predicted molar refractivity (Wildman–Crippen MR) is 76.7 cm³/mol. The normalized spacial score (nSPS) is 36.7. The number of oxime groups is 1. The van der Waals surface area contributed by atoms with Gasteiger partial charge in [-0.3, -0.25) is 4.55 Å². The maximum atomic E-state index is 12.4. The molecule has 3 saturated heterocycles. The van der Waals surface area contributed by atoms with Crippen LogP contribution in [-0.2, 0) is 19.5 Å². The molecule has 2 N–H and O–H groups in total. The van der Waals surface area contributed by atoms with Gasteiger partial charge in [-0.2, -0.15) is 13.5 Å². The van der Waals surface area contributed by atoms with Gasteiger partial charge in [0.25, 0.3) is 0 Å². The van der Waals surface area contributed by atoms with Crippen molar-refractivity contribution in [1.82, 2.24) is 15.3 Å². The Morgan fingerprint density at radius 3 is 2.96 bits per heavy atom. The summed E-state index contributed by atoms with van der Waals surface area (Å²) in [6.45, 7) is 1.97. The van der Waals surface area contributed by atoms with Crippen molar-refractivity contribution in [2.75, 3.05) is 19.6 Å². The number of hydrogen-bond donors (Lipinski definition) is 2. The van der Waals surface area contributed by atoms with Crippen LogP contribution in [0.15, 0.2) is 5.16 Å². The van der Waals surface area contributed by atoms with Gasteiger partial charge >= 0.3 is 16.4 Å². The number of piperidine rings is 1. The van der Waals surface area contributed by atoms with Crippen LogP contribution in [0.1, 0.15) is 25.7 Å². The van der Waals surface area contributed by atoms with E-state index >= 15 is 0 Å². The summed E-state index contributed by atoms with van der Waals surface area (Å²) in [7, 11) is -4.72. The van der Waals surface area contributed by atoms with E-state index in [1.54, 1.807) is 4.90 Å². The number of nitrogens with zero attached hydrogens (tertiary/aromatic N) is 3. The van der Waals surface area contributed by atoms with Gasteiger partial charge in [0.15, 0.2) is 5.60 Å². The molecular formula is C12H18N4O6S. The number of hydroxylamine groups is 2. The Labute approximate surface area is 133 Å². The second-order valence-corrected chi connectivity index (χ2v) is 7.47. The number of carbonyl (C=O) groups is 1. The molecule has 0 aromatic rings. The standard InChI is InChI=1S/C12H18N4O6S/c17-11-15-6-8(16(11)22-23(18,19)20)1-2-10(15)9-5-12(21-14-9)3-4-13-7-12/h8,10,13H,1-7H2,(H,18,19,20)/t8-,10+,12-/m1/s1. The van der Waals surface area contributed by atoms with Crippen LogP contribution in [0.5, 0.6) is 0 Å². The third kappa shape index (κ3) is 2.57. The molecule has 0 radical (unpaired) electrons. The molecule has 10 nitrogen and oxygen atoms in total. The first-order valence-electron chi connectivity index (χ1n) is 7.59. The largest absolute Gasteiger partial charge is 0.418 e. The minimum Gasteiger partial charge on any atom is -0.387 e. The summed E-state index contributed by atoms with van der Waals surface area (Å²) in [5.41, 5.74) is 0.508. The average Bonchev–Trinajstić information content (AvgIpc) is 3.17. The zero-order valence-electron chi connectivity index (χ0n) is 12.3. The Morgan fingerprint density at radius 2 is 2.26 bits per heavy atom. The third-order valence-corrected chi connectivity index (χ3v) is 5.30. The molecule has 2 amide bonds. The Kier molecular flexibility index (Phi) is 3.31. The zero-order chi connectivity index (χ0) is 16.2. The molecule has 128 valence electrons. The zero-order valence-corrected chi connectivity index (χ0v) is 13.2. The van der Waals surface area contributed by atoms with Gasteiger partial charge in [0.05, 0.1) is 17.8 Å². The molecule has 0 aliphatic carbocycles. The monoisotopic (exact) mass is 346 g/mol. The van der Waals surface area contributed by atoms with Crippen LogP contribution in [0.3, 0.4) is 0 Å². The number of rotatable bonds is 3. The lowest BCUT2D eigenvalue weighted by Gasteiger charge is -2.30. The third-order valence-electron chi connectivity index (χ3n) is 4.95. The van der Waals surface area contributed by atoms with E-state index < -0.39 is 16.4 Å². The van der Waals surface area contributed by atoms with Crippen LogP contribution in [0.2, 0.25) is 0 Å². The molecule has 3 atom stereocenters. The van der Waals surface area contributed by atoms with Crippen LogP contribution in [-0.4, -0.2) is 72.0 Å². The average molecular weight is 346 g/mol. The molecule has 4 rings (SSSR count). The first-order valence-corrected chi connectivity index (χ1v) is 8.96. The van der Waals surface area contributed by atoms with Crippen molar-refractivity contribution < 1.29 is 26.9 Å². The predicted octanol–water partition coefficient (Wildman–Crippen LogP) is -0.502. The van der Waals surface area contributed by atoms with Crippen LogP contribution < -0.4 is 5.32 Å². The Balaban J connectivity index is 1.50. The van der Waals surface area contributed by atoms with Gasteiger partial charge < -0.3 is 15.1 Å². The molecule has 0 aromatic heterocycles. The van der Waals surface area contributed by atoms with E-state index in [1.165, 1.54) is 0 Å². The Morgan fingerprint density at radius 1 is 1.43 bits per heavy atom. The van der Waals surface area contributed by atoms with Gasteiger partial charge in [0.1, 0.15) is 0 Å². The van der Waals surface area contributed by atoms with Crippen LogP contribution in [0.25, 0.3) is 0 Å². The van der Waals surface area contributed by atoms with Crippen molar-refractivity contribution in [2.45, 2.75) is 43.4 Å². The van der Waals surface area contributed by atoms with E-state index in [1.807, 2.05) is 0 Å². The summed E-state index contributed by atoms with van der Waals surface area (Å²) in [5.74, 6) is 0. The molecular weight excluding hydrogens is 328 g/mol. The minimum absolute atomic E-state index is 0.214. The molecule has 2 bridgehead atoms. The topological polar surface area (TPSA) is 121 Å². The number of amides is 2. The van der Waals surface area contributed by atoms with E-state index in [-0.39, 0.29) is 17.7 Å². The molecule has 1 spiro atoms. The molecule has 0 aromatic carbocycles. The Hall–Kier alpha value is -1.43. The number of fused-ring (bicyclic) bond motifs is 2. The highest BCUT2D eigenvalue weighted by Crippen LogP contribution is 2.37. The molecule has 3 fully saturated rings. The minimum atomic E-state index is -4.72. The van der Waals surface area contributed by atoms with Crippen molar-refractivity contribution in [1.29, 1.82) is 0 Å². The van der Waals surface area contributed by atoms with Gasteiger partial charge in [-0.05, 0) is 19.4 Å².